The highest BCUT2D eigenvalue weighted by atomic mass is 19.4. The van der Waals surface area contributed by atoms with Crippen LogP contribution in [-0.2, 0) is 4.74 Å². The van der Waals surface area contributed by atoms with Gasteiger partial charge in [0.25, 0.3) is 0 Å². The molecule has 1 atom stereocenters. The van der Waals surface area contributed by atoms with Crippen LogP contribution in [0.15, 0.2) is 0 Å². The summed E-state index contributed by atoms with van der Waals surface area (Å²) in [5, 5.41) is 0. The van der Waals surface area contributed by atoms with E-state index in [9.17, 15) is 12.9 Å². The minimum absolute atomic E-state index is 0.122. The Morgan fingerprint density at radius 3 is 2.22 bits per heavy atom. The molecule has 0 N–H and O–H groups in total. The maximum Gasteiger partial charge on any atom is 0.483 e. The zero-order valence-electron chi connectivity index (χ0n) is 4.82. The van der Waals surface area contributed by atoms with Crippen molar-refractivity contribution in [2.45, 2.75) is 12.2 Å². The first-order valence-electron chi connectivity index (χ1n) is 2.88. The molecule has 0 spiro atoms. The minimum Gasteiger partial charge on any atom is -0.449 e. The van der Waals surface area contributed by atoms with Gasteiger partial charge in [-0.3, -0.25) is 0 Å². The van der Waals surface area contributed by atoms with Crippen LogP contribution in [0.2, 0.25) is 5.82 Å². The largest absolute Gasteiger partial charge is 0.483 e. The molecule has 0 unspecified atom stereocenters. The Labute approximate surface area is 51.2 Å². The van der Waals surface area contributed by atoms with E-state index in [0.29, 0.717) is 0 Å². The number of halogens is 3. The molecule has 0 amide bonds. The van der Waals surface area contributed by atoms with Crippen LogP contribution in [0.25, 0.3) is 0 Å². The monoisotopic (exact) mass is 139 g/mol. The van der Waals surface area contributed by atoms with Gasteiger partial charge in [-0.2, -0.15) is 0 Å². The van der Waals surface area contributed by atoms with E-state index < -0.39 is 12.8 Å². The van der Waals surface area contributed by atoms with Crippen LogP contribution in [0, 0.1) is 0 Å². The molecule has 0 aromatic rings. The summed E-state index contributed by atoms with van der Waals surface area (Å²) in [5.41, 5.74) is 0. The van der Waals surface area contributed by atoms with E-state index in [1.807, 2.05) is 0 Å². The van der Waals surface area contributed by atoms with Crippen LogP contribution in [0.1, 0.15) is 6.42 Å². The lowest BCUT2D eigenvalue weighted by Crippen LogP contribution is -2.23. The van der Waals surface area contributed by atoms with Gasteiger partial charge >= 0.3 is 6.98 Å². The summed E-state index contributed by atoms with van der Waals surface area (Å²) in [6.45, 7) is -4.48. The second kappa shape index (κ2) is 2.21. The van der Waals surface area contributed by atoms with Gasteiger partial charge in [-0.1, -0.05) is 0 Å². The van der Waals surface area contributed by atoms with E-state index >= 15 is 0 Å². The normalized spacial score (nSPS) is 29.0. The molecule has 54 valence electrons. The highest BCUT2D eigenvalue weighted by Gasteiger charge is 2.36. The SMILES string of the molecule is F[B-](F)(F)[C@H]1CCOC1. The third-order valence-corrected chi connectivity index (χ3v) is 1.50. The number of hydrogen-bond acceptors (Lipinski definition) is 1. The van der Waals surface area contributed by atoms with Gasteiger partial charge in [0.05, 0.1) is 0 Å². The molecule has 1 saturated heterocycles. The Kier molecular flexibility index (Phi) is 1.70. The summed E-state index contributed by atoms with van der Waals surface area (Å²) in [4.78, 5) is 0. The molecule has 0 radical (unpaired) electrons. The standard InChI is InChI=1S/C4H7BF3O/c6-5(7,8)4-1-2-9-3-4/h4H,1-3H2/q-1/t4-/m0/s1. The zero-order chi connectivity index (χ0) is 6.91. The lowest BCUT2D eigenvalue weighted by atomic mass is 9.72. The second-order valence-corrected chi connectivity index (χ2v) is 2.25. The molecule has 0 aliphatic carbocycles. The van der Waals surface area contributed by atoms with E-state index in [0.717, 1.165) is 0 Å². The molecule has 1 nitrogen and oxygen atoms in total. The van der Waals surface area contributed by atoms with Crippen molar-refractivity contribution in [3.05, 3.63) is 0 Å². The van der Waals surface area contributed by atoms with Crippen molar-refractivity contribution in [2.24, 2.45) is 0 Å². The molecule has 1 aliphatic rings. The van der Waals surface area contributed by atoms with E-state index in [4.69, 9.17) is 0 Å². The highest BCUT2D eigenvalue weighted by molar-refractivity contribution is 6.60. The molecule has 0 saturated carbocycles. The van der Waals surface area contributed by atoms with Crippen LogP contribution in [0.4, 0.5) is 12.9 Å². The quantitative estimate of drug-likeness (QED) is 0.501. The Hall–Kier alpha value is -0.185. The lowest BCUT2D eigenvalue weighted by molar-refractivity contribution is 0.194. The van der Waals surface area contributed by atoms with E-state index in [2.05, 4.69) is 4.74 Å². The van der Waals surface area contributed by atoms with Gasteiger partial charge in [0.15, 0.2) is 0 Å². The van der Waals surface area contributed by atoms with Crippen molar-refractivity contribution in [1.29, 1.82) is 0 Å². The Bertz CT molecular complexity index is 96.5. The van der Waals surface area contributed by atoms with Crippen molar-refractivity contribution in [3.8, 4) is 0 Å². The highest BCUT2D eigenvalue weighted by Crippen LogP contribution is 2.32. The van der Waals surface area contributed by atoms with Gasteiger partial charge < -0.3 is 17.7 Å². The molecular weight excluding hydrogens is 132 g/mol. The van der Waals surface area contributed by atoms with Crippen molar-refractivity contribution >= 4 is 6.98 Å². The predicted octanol–water partition coefficient (Wildman–Crippen LogP) is 1.62. The van der Waals surface area contributed by atoms with Gasteiger partial charge in [-0.25, -0.2) is 0 Å². The van der Waals surface area contributed by atoms with E-state index in [1.165, 1.54) is 0 Å². The van der Waals surface area contributed by atoms with Gasteiger partial charge in [0.1, 0.15) is 0 Å². The summed E-state index contributed by atoms with van der Waals surface area (Å²) < 4.78 is 39.8. The molecule has 0 bridgehead atoms. The lowest BCUT2D eigenvalue weighted by Gasteiger charge is -2.19. The Morgan fingerprint density at radius 1 is 1.33 bits per heavy atom. The van der Waals surface area contributed by atoms with Crippen molar-refractivity contribution in [1.82, 2.24) is 0 Å². The van der Waals surface area contributed by atoms with Gasteiger partial charge in [-0.15, -0.1) is 0 Å². The topological polar surface area (TPSA) is 9.23 Å². The average Bonchev–Trinajstić information content (AvgIpc) is 2.08. The Morgan fingerprint density at radius 2 is 2.00 bits per heavy atom. The van der Waals surface area contributed by atoms with Crippen molar-refractivity contribution < 1.29 is 17.7 Å². The first-order valence-corrected chi connectivity index (χ1v) is 2.88. The molecule has 1 heterocycles. The molecule has 0 aromatic carbocycles. The maximum absolute atomic E-state index is 11.7. The smallest absolute Gasteiger partial charge is 0.449 e. The molecule has 5 heteroatoms. The summed E-state index contributed by atoms with van der Waals surface area (Å²) in [6.07, 6.45) is 0.156. The zero-order valence-corrected chi connectivity index (χ0v) is 4.82. The second-order valence-electron chi connectivity index (χ2n) is 2.25. The molecule has 1 fully saturated rings. The number of ether oxygens (including phenoxy) is 1. The number of hydrogen-bond donors (Lipinski definition) is 0. The summed E-state index contributed by atoms with van der Waals surface area (Å²) >= 11 is 0. The van der Waals surface area contributed by atoms with Crippen LogP contribution in [0.3, 0.4) is 0 Å². The first-order chi connectivity index (χ1) is 4.11. The van der Waals surface area contributed by atoms with Crippen LogP contribution < -0.4 is 0 Å². The van der Waals surface area contributed by atoms with Crippen LogP contribution in [0.5, 0.6) is 0 Å². The third-order valence-electron chi connectivity index (χ3n) is 1.50. The predicted molar refractivity (Wildman–Crippen MR) is 28.3 cm³/mol. The molecular formula is C4H7BF3O-. The fraction of sp³-hybridized carbons (Fsp3) is 1.00. The molecule has 1 aliphatic heterocycles. The molecule has 9 heavy (non-hydrogen) atoms. The van der Waals surface area contributed by atoms with Crippen LogP contribution in [-0.4, -0.2) is 20.2 Å². The van der Waals surface area contributed by atoms with Gasteiger partial charge in [0, 0.05) is 13.2 Å². The average molecular weight is 139 g/mol. The summed E-state index contributed by atoms with van der Waals surface area (Å²) in [5.74, 6) is -1.15. The van der Waals surface area contributed by atoms with Crippen LogP contribution >= 0.6 is 0 Å². The summed E-state index contributed by atoms with van der Waals surface area (Å²) in [6, 6.07) is 0. The third kappa shape index (κ3) is 1.61. The maximum atomic E-state index is 11.7. The number of rotatable bonds is 1. The van der Waals surface area contributed by atoms with E-state index in [1.54, 1.807) is 0 Å². The van der Waals surface area contributed by atoms with Gasteiger partial charge in [-0.05, 0) is 12.2 Å². The van der Waals surface area contributed by atoms with Crippen molar-refractivity contribution in [3.63, 3.8) is 0 Å². The minimum atomic E-state index is -4.63. The molecule has 1 rings (SSSR count). The Balaban J connectivity index is 2.42. The van der Waals surface area contributed by atoms with E-state index in [-0.39, 0.29) is 19.6 Å². The fourth-order valence-electron chi connectivity index (χ4n) is 0.851. The summed E-state index contributed by atoms with van der Waals surface area (Å²) in [7, 11) is 0. The fourth-order valence-corrected chi connectivity index (χ4v) is 0.851. The first kappa shape index (κ1) is 6.93. The molecule has 0 aromatic heterocycles. The van der Waals surface area contributed by atoms with Crippen molar-refractivity contribution in [2.75, 3.05) is 13.2 Å². The van der Waals surface area contributed by atoms with Gasteiger partial charge in [0.2, 0.25) is 0 Å².